The molecular formula is C21H19N5O3. The highest BCUT2D eigenvalue weighted by atomic mass is 16.5. The first-order valence-electron chi connectivity index (χ1n) is 9.13. The molecule has 0 aliphatic rings. The number of benzene rings is 1. The van der Waals surface area contributed by atoms with Crippen LogP contribution in [0.5, 0.6) is 11.6 Å². The molecule has 3 aromatic heterocycles. The van der Waals surface area contributed by atoms with Gasteiger partial charge < -0.3 is 14.6 Å². The van der Waals surface area contributed by atoms with Gasteiger partial charge in [-0.25, -0.2) is 9.97 Å². The van der Waals surface area contributed by atoms with E-state index < -0.39 is 0 Å². The van der Waals surface area contributed by atoms with Crippen molar-refractivity contribution in [1.82, 2.24) is 20.1 Å². The molecule has 0 saturated heterocycles. The van der Waals surface area contributed by atoms with Gasteiger partial charge in [0.1, 0.15) is 5.75 Å². The van der Waals surface area contributed by atoms with Crippen LogP contribution in [0.2, 0.25) is 0 Å². The summed E-state index contributed by atoms with van der Waals surface area (Å²) in [4.78, 5) is 25.6. The second kappa shape index (κ2) is 7.67. The average Bonchev–Trinajstić information content (AvgIpc) is 3.09. The number of hydrogen-bond donors (Lipinski definition) is 1. The normalized spacial score (nSPS) is 11.0. The van der Waals surface area contributed by atoms with Gasteiger partial charge in [0.2, 0.25) is 5.88 Å². The van der Waals surface area contributed by atoms with E-state index in [1.807, 2.05) is 13.8 Å². The lowest BCUT2D eigenvalue weighted by Crippen LogP contribution is -2.13. The van der Waals surface area contributed by atoms with E-state index in [0.717, 1.165) is 5.69 Å². The van der Waals surface area contributed by atoms with Crippen LogP contribution in [0.4, 0.5) is 5.69 Å². The minimum atomic E-state index is -0.276. The lowest BCUT2D eigenvalue weighted by Gasteiger charge is -2.11. The van der Waals surface area contributed by atoms with Crippen LogP contribution in [0.1, 0.15) is 41.5 Å². The van der Waals surface area contributed by atoms with Crippen LogP contribution < -0.4 is 10.1 Å². The summed E-state index contributed by atoms with van der Waals surface area (Å²) < 4.78 is 11.0. The number of carbonyl (C=O) groups excluding carboxylic acids is 1. The van der Waals surface area contributed by atoms with Gasteiger partial charge in [0, 0.05) is 29.8 Å². The van der Waals surface area contributed by atoms with Crippen LogP contribution in [-0.4, -0.2) is 26.0 Å². The molecule has 0 fully saturated rings. The fraction of sp³-hybridized carbons (Fsp3) is 0.190. The van der Waals surface area contributed by atoms with E-state index in [9.17, 15) is 4.79 Å². The van der Waals surface area contributed by atoms with Gasteiger partial charge >= 0.3 is 0 Å². The predicted octanol–water partition coefficient (Wildman–Crippen LogP) is 4.49. The van der Waals surface area contributed by atoms with Crippen LogP contribution in [0.25, 0.3) is 11.1 Å². The molecule has 146 valence electrons. The largest absolute Gasteiger partial charge is 0.437 e. The van der Waals surface area contributed by atoms with Crippen molar-refractivity contribution in [3.05, 3.63) is 65.9 Å². The minimum absolute atomic E-state index is 0.139. The quantitative estimate of drug-likeness (QED) is 0.536. The van der Waals surface area contributed by atoms with Gasteiger partial charge in [0.15, 0.2) is 0 Å². The Morgan fingerprint density at radius 2 is 2.07 bits per heavy atom. The van der Waals surface area contributed by atoms with Gasteiger partial charge in [-0.3, -0.25) is 9.78 Å². The minimum Gasteiger partial charge on any atom is -0.437 e. The molecule has 1 aromatic carbocycles. The maximum Gasteiger partial charge on any atom is 0.259 e. The SMILES string of the molecule is Cc1noc2nc(C(C)C)cc(C(=O)Nc3cccc(Oc4cnccn4)c3)c12. The van der Waals surface area contributed by atoms with E-state index in [-0.39, 0.29) is 11.8 Å². The maximum atomic E-state index is 13.1. The van der Waals surface area contributed by atoms with Crippen LogP contribution in [0.3, 0.4) is 0 Å². The summed E-state index contributed by atoms with van der Waals surface area (Å²) in [6.45, 7) is 5.80. The molecule has 1 amide bonds. The standard InChI is InChI=1S/C21H19N5O3/c1-12(2)17-10-16(19-13(3)26-29-21(19)25-17)20(27)24-14-5-4-6-15(9-14)28-18-11-22-7-8-23-18/h4-12H,1-3H3,(H,24,27). The summed E-state index contributed by atoms with van der Waals surface area (Å²) in [6, 6.07) is 8.84. The Labute approximate surface area is 167 Å². The second-order valence-electron chi connectivity index (χ2n) is 6.83. The number of ether oxygens (including phenoxy) is 1. The van der Waals surface area contributed by atoms with Crippen molar-refractivity contribution in [3.8, 4) is 11.6 Å². The molecule has 0 unspecified atom stereocenters. The zero-order valence-electron chi connectivity index (χ0n) is 16.2. The number of nitrogens with one attached hydrogen (secondary N) is 1. The van der Waals surface area contributed by atoms with Crippen molar-refractivity contribution >= 4 is 22.7 Å². The molecule has 29 heavy (non-hydrogen) atoms. The van der Waals surface area contributed by atoms with E-state index in [4.69, 9.17) is 9.26 Å². The number of pyridine rings is 1. The molecule has 0 bridgehead atoms. The fourth-order valence-corrected chi connectivity index (χ4v) is 2.88. The average molecular weight is 389 g/mol. The number of hydrogen-bond acceptors (Lipinski definition) is 7. The lowest BCUT2D eigenvalue weighted by molar-refractivity contribution is 0.102. The van der Waals surface area contributed by atoms with E-state index in [1.165, 1.54) is 6.20 Å². The monoisotopic (exact) mass is 389 g/mol. The second-order valence-corrected chi connectivity index (χ2v) is 6.83. The Bertz CT molecular complexity index is 1170. The molecule has 0 atom stereocenters. The summed E-state index contributed by atoms with van der Waals surface area (Å²) in [7, 11) is 0. The number of amides is 1. The van der Waals surface area contributed by atoms with E-state index >= 15 is 0 Å². The molecule has 1 N–H and O–H groups in total. The first kappa shape index (κ1) is 18.5. The Morgan fingerprint density at radius 3 is 2.83 bits per heavy atom. The highest BCUT2D eigenvalue weighted by Gasteiger charge is 2.20. The van der Waals surface area contributed by atoms with Crippen LogP contribution >= 0.6 is 0 Å². The first-order chi connectivity index (χ1) is 14.0. The van der Waals surface area contributed by atoms with Crippen molar-refractivity contribution in [2.45, 2.75) is 26.7 Å². The molecule has 0 radical (unpaired) electrons. The van der Waals surface area contributed by atoms with E-state index in [2.05, 4.69) is 25.4 Å². The van der Waals surface area contributed by atoms with Crippen LogP contribution in [-0.2, 0) is 0 Å². The molecule has 0 spiro atoms. The third kappa shape index (κ3) is 3.91. The summed E-state index contributed by atoms with van der Waals surface area (Å²) in [5.41, 5.74) is 2.80. The molecule has 0 saturated carbocycles. The maximum absolute atomic E-state index is 13.1. The Hall–Kier alpha value is -3.81. The van der Waals surface area contributed by atoms with Crippen LogP contribution in [0.15, 0.2) is 53.4 Å². The van der Waals surface area contributed by atoms with Gasteiger partial charge in [-0.15, -0.1) is 0 Å². The molecule has 0 aliphatic carbocycles. The predicted molar refractivity (Wildman–Crippen MR) is 107 cm³/mol. The third-order valence-corrected chi connectivity index (χ3v) is 4.33. The van der Waals surface area contributed by atoms with Gasteiger partial charge in [-0.05, 0) is 31.0 Å². The molecule has 8 heteroatoms. The number of nitrogens with zero attached hydrogens (tertiary/aromatic N) is 4. The fourth-order valence-electron chi connectivity index (χ4n) is 2.88. The number of carbonyl (C=O) groups is 1. The van der Waals surface area contributed by atoms with E-state index in [1.54, 1.807) is 49.6 Å². The van der Waals surface area contributed by atoms with Crippen LogP contribution in [0, 0.1) is 6.92 Å². The molecular weight excluding hydrogens is 370 g/mol. The molecule has 8 nitrogen and oxygen atoms in total. The van der Waals surface area contributed by atoms with Gasteiger partial charge in [-0.2, -0.15) is 0 Å². The lowest BCUT2D eigenvalue weighted by atomic mass is 10.0. The van der Waals surface area contributed by atoms with E-state index in [0.29, 0.717) is 39.7 Å². The van der Waals surface area contributed by atoms with Gasteiger partial charge in [-0.1, -0.05) is 25.1 Å². The molecule has 3 heterocycles. The molecule has 4 rings (SSSR count). The smallest absolute Gasteiger partial charge is 0.259 e. The highest BCUT2D eigenvalue weighted by Crippen LogP contribution is 2.27. The zero-order valence-corrected chi connectivity index (χ0v) is 16.2. The van der Waals surface area contributed by atoms with Crippen molar-refractivity contribution in [1.29, 1.82) is 0 Å². The summed E-state index contributed by atoms with van der Waals surface area (Å²) >= 11 is 0. The van der Waals surface area contributed by atoms with Crippen molar-refractivity contribution < 1.29 is 14.1 Å². The van der Waals surface area contributed by atoms with Crippen molar-refractivity contribution in [2.75, 3.05) is 5.32 Å². The zero-order chi connectivity index (χ0) is 20.4. The Balaban J connectivity index is 1.63. The molecule has 4 aromatic rings. The Morgan fingerprint density at radius 1 is 1.21 bits per heavy atom. The first-order valence-corrected chi connectivity index (χ1v) is 9.13. The number of aryl methyl sites for hydroxylation is 1. The molecule has 0 aliphatic heterocycles. The van der Waals surface area contributed by atoms with Crippen molar-refractivity contribution in [2.24, 2.45) is 0 Å². The van der Waals surface area contributed by atoms with Gasteiger partial charge in [0.05, 0.1) is 22.8 Å². The number of aromatic nitrogens is 4. The highest BCUT2D eigenvalue weighted by molar-refractivity contribution is 6.12. The number of anilines is 1. The number of fused-ring (bicyclic) bond motifs is 1. The summed E-state index contributed by atoms with van der Waals surface area (Å²) in [5.74, 6) is 0.767. The third-order valence-electron chi connectivity index (χ3n) is 4.33. The van der Waals surface area contributed by atoms with Crippen molar-refractivity contribution in [3.63, 3.8) is 0 Å². The van der Waals surface area contributed by atoms with Gasteiger partial charge in [0.25, 0.3) is 11.6 Å². The Kier molecular flexibility index (Phi) is 4.90. The summed E-state index contributed by atoms with van der Waals surface area (Å²) in [6.07, 6.45) is 4.63. The number of rotatable bonds is 5. The topological polar surface area (TPSA) is 103 Å². The summed E-state index contributed by atoms with van der Waals surface area (Å²) in [5, 5.41) is 7.47.